The number of rotatable bonds is 4. The molecule has 0 spiro atoms. The van der Waals surface area contributed by atoms with Crippen molar-refractivity contribution in [2.75, 3.05) is 23.1 Å². The Kier molecular flexibility index (Phi) is 4.88. The summed E-state index contributed by atoms with van der Waals surface area (Å²) in [7, 11) is 0. The van der Waals surface area contributed by atoms with E-state index in [1.165, 1.54) is 45.0 Å². The molecule has 3 aliphatic heterocycles. The number of allylic oxidation sites excluding steroid dienone is 2. The average Bonchev–Trinajstić information content (AvgIpc) is 3.58. The van der Waals surface area contributed by atoms with Gasteiger partial charge in [0.05, 0.1) is 22.8 Å². The third-order valence-electron chi connectivity index (χ3n) is 7.06. The van der Waals surface area contributed by atoms with Crippen LogP contribution in [0.15, 0.2) is 145 Å². The van der Waals surface area contributed by atoms with Crippen LogP contribution in [-0.2, 0) is 0 Å². The van der Waals surface area contributed by atoms with Gasteiger partial charge >= 0.3 is 0 Å². The Morgan fingerprint density at radius 2 is 0.806 bits per heavy atom. The molecule has 0 fully saturated rings. The monoisotopic (exact) mass is 466 g/mol. The molecule has 4 nitrogen and oxygen atoms in total. The normalized spacial score (nSPS) is 16.1. The van der Waals surface area contributed by atoms with Crippen molar-refractivity contribution in [2.45, 2.75) is 0 Å². The molecular formula is C32H26N4. The Bertz CT molecular complexity index is 1390. The fraction of sp³-hybridized carbons (Fsp3) is 0.0625. The van der Waals surface area contributed by atoms with Crippen LogP contribution in [0.1, 0.15) is 0 Å². The van der Waals surface area contributed by atoms with Crippen molar-refractivity contribution in [3.63, 3.8) is 0 Å². The van der Waals surface area contributed by atoms with Crippen LogP contribution in [0, 0.1) is 0 Å². The number of nitrogens with zero attached hydrogens (tertiary/aromatic N) is 4. The fourth-order valence-corrected chi connectivity index (χ4v) is 5.31. The predicted molar refractivity (Wildman–Crippen MR) is 147 cm³/mol. The lowest BCUT2D eigenvalue weighted by molar-refractivity contribution is 0.0741. The van der Waals surface area contributed by atoms with E-state index in [0.29, 0.717) is 0 Å². The highest BCUT2D eigenvalue weighted by Gasteiger charge is 2.34. The second kappa shape index (κ2) is 8.51. The second-order valence-electron chi connectivity index (χ2n) is 9.23. The predicted octanol–water partition coefficient (Wildman–Crippen LogP) is 7.05. The van der Waals surface area contributed by atoms with E-state index in [1.807, 2.05) is 0 Å². The highest BCUT2D eigenvalue weighted by molar-refractivity contribution is 5.81. The lowest BCUT2D eigenvalue weighted by Gasteiger charge is -2.37. The van der Waals surface area contributed by atoms with Gasteiger partial charge in [-0.3, -0.25) is 10.0 Å². The van der Waals surface area contributed by atoms with Gasteiger partial charge in [-0.15, -0.1) is 0 Å². The van der Waals surface area contributed by atoms with E-state index in [1.54, 1.807) is 0 Å². The standard InChI is InChI=1S/C32H26N4/c1-3-11-25(12-4-1)29-15-7-9-17-31(29)33-21-27-19-20-28-22-34(24-36(28)35(27)23-33)32-18-10-8-16-30(32)26-13-5-2-6-14-26/h1-22H,23-24H2. The number of anilines is 2. The summed E-state index contributed by atoms with van der Waals surface area (Å²) in [5, 5.41) is 4.75. The minimum Gasteiger partial charge on any atom is -0.325 e. The highest BCUT2D eigenvalue weighted by atomic mass is 15.7. The van der Waals surface area contributed by atoms with Gasteiger partial charge in [0.1, 0.15) is 13.3 Å². The van der Waals surface area contributed by atoms with Crippen molar-refractivity contribution in [3.8, 4) is 22.3 Å². The molecule has 0 amide bonds. The summed E-state index contributed by atoms with van der Waals surface area (Å²) in [5.74, 6) is 0. The van der Waals surface area contributed by atoms with E-state index in [-0.39, 0.29) is 0 Å². The molecule has 174 valence electrons. The summed E-state index contributed by atoms with van der Waals surface area (Å²) in [5.41, 5.74) is 9.80. The van der Waals surface area contributed by atoms with Crippen molar-refractivity contribution < 1.29 is 0 Å². The molecule has 0 aliphatic carbocycles. The molecule has 4 heteroatoms. The van der Waals surface area contributed by atoms with Crippen LogP contribution in [0.4, 0.5) is 11.4 Å². The minimum absolute atomic E-state index is 0.773. The lowest BCUT2D eigenvalue weighted by atomic mass is 10.0. The van der Waals surface area contributed by atoms with E-state index < -0.39 is 0 Å². The van der Waals surface area contributed by atoms with Crippen LogP contribution in [0.2, 0.25) is 0 Å². The summed E-state index contributed by atoms with van der Waals surface area (Å²) < 4.78 is 0. The maximum Gasteiger partial charge on any atom is 0.115 e. The van der Waals surface area contributed by atoms with Crippen LogP contribution < -0.4 is 9.80 Å². The van der Waals surface area contributed by atoms with Gasteiger partial charge in [0.2, 0.25) is 0 Å². The molecule has 3 heterocycles. The molecule has 0 aromatic heterocycles. The zero-order chi connectivity index (χ0) is 23.9. The molecule has 36 heavy (non-hydrogen) atoms. The van der Waals surface area contributed by atoms with E-state index in [0.717, 1.165) is 13.3 Å². The molecule has 0 atom stereocenters. The molecular weight excluding hydrogens is 440 g/mol. The Hall–Kier alpha value is -4.70. The van der Waals surface area contributed by atoms with Gasteiger partial charge in [-0.1, -0.05) is 97.1 Å². The summed E-state index contributed by atoms with van der Waals surface area (Å²) in [4.78, 5) is 4.71. The third kappa shape index (κ3) is 3.46. The Balaban J connectivity index is 1.18. The number of hydrogen-bond donors (Lipinski definition) is 0. The molecule has 0 saturated heterocycles. The van der Waals surface area contributed by atoms with Crippen molar-refractivity contribution in [1.29, 1.82) is 0 Å². The number of hydrazine groups is 1. The molecule has 7 rings (SSSR count). The maximum absolute atomic E-state index is 2.37. The van der Waals surface area contributed by atoms with E-state index in [9.17, 15) is 0 Å². The van der Waals surface area contributed by atoms with Crippen molar-refractivity contribution >= 4 is 11.4 Å². The number of fused-ring (bicyclic) bond motifs is 3. The van der Waals surface area contributed by atoms with Crippen molar-refractivity contribution in [3.05, 3.63) is 145 Å². The van der Waals surface area contributed by atoms with Gasteiger partial charge in [0, 0.05) is 23.5 Å². The molecule has 3 aliphatic rings. The van der Waals surface area contributed by atoms with Gasteiger partial charge in [-0.2, -0.15) is 0 Å². The zero-order valence-electron chi connectivity index (χ0n) is 19.9. The zero-order valence-corrected chi connectivity index (χ0v) is 19.9. The summed E-state index contributed by atoms with van der Waals surface area (Å²) in [6, 6.07) is 38.6. The van der Waals surface area contributed by atoms with E-state index >= 15 is 0 Å². The molecule has 0 radical (unpaired) electrons. The first kappa shape index (κ1) is 20.7. The number of para-hydroxylation sites is 2. The number of benzene rings is 4. The first-order valence-electron chi connectivity index (χ1n) is 12.3. The fourth-order valence-electron chi connectivity index (χ4n) is 5.31. The Morgan fingerprint density at radius 3 is 1.25 bits per heavy atom. The molecule has 4 aromatic carbocycles. The minimum atomic E-state index is 0.773. The summed E-state index contributed by atoms with van der Waals surface area (Å²) in [6.07, 6.45) is 8.96. The molecule has 0 unspecified atom stereocenters. The van der Waals surface area contributed by atoms with Crippen molar-refractivity contribution in [2.24, 2.45) is 0 Å². The van der Waals surface area contributed by atoms with Crippen LogP contribution in [0.25, 0.3) is 22.3 Å². The van der Waals surface area contributed by atoms with E-state index in [4.69, 9.17) is 0 Å². The lowest BCUT2D eigenvalue weighted by Crippen LogP contribution is -2.44. The van der Waals surface area contributed by atoms with Crippen LogP contribution in [0.5, 0.6) is 0 Å². The first-order valence-corrected chi connectivity index (χ1v) is 12.3. The quantitative estimate of drug-likeness (QED) is 0.320. The summed E-state index contributed by atoms with van der Waals surface area (Å²) in [6.45, 7) is 1.55. The van der Waals surface area contributed by atoms with Gasteiger partial charge < -0.3 is 9.80 Å². The van der Waals surface area contributed by atoms with Crippen LogP contribution in [0.3, 0.4) is 0 Å². The first-order chi connectivity index (χ1) is 17.8. The Morgan fingerprint density at radius 1 is 0.417 bits per heavy atom. The molecule has 0 bridgehead atoms. The van der Waals surface area contributed by atoms with Gasteiger partial charge in [0.15, 0.2) is 0 Å². The van der Waals surface area contributed by atoms with Crippen LogP contribution >= 0.6 is 0 Å². The van der Waals surface area contributed by atoms with Gasteiger partial charge in [0.25, 0.3) is 0 Å². The second-order valence-corrected chi connectivity index (χ2v) is 9.23. The summed E-state index contributed by atoms with van der Waals surface area (Å²) >= 11 is 0. The number of hydrogen-bond acceptors (Lipinski definition) is 4. The van der Waals surface area contributed by atoms with Crippen LogP contribution in [-0.4, -0.2) is 23.4 Å². The van der Waals surface area contributed by atoms with Gasteiger partial charge in [-0.25, -0.2) is 0 Å². The SMILES string of the molecule is C1=CC2=CN(c3ccccc3-c3ccccc3)CN2N2CN(c3ccccc3-c3ccccc3)C=C12. The highest BCUT2D eigenvalue weighted by Crippen LogP contribution is 2.40. The topological polar surface area (TPSA) is 13.0 Å². The van der Waals surface area contributed by atoms with Crippen molar-refractivity contribution in [1.82, 2.24) is 10.0 Å². The van der Waals surface area contributed by atoms with Gasteiger partial charge in [-0.05, 0) is 35.4 Å². The van der Waals surface area contributed by atoms with E-state index in [2.05, 4.69) is 154 Å². The maximum atomic E-state index is 2.37. The Labute approximate surface area is 211 Å². The molecule has 4 aromatic rings. The molecule has 0 saturated carbocycles. The smallest absolute Gasteiger partial charge is 0.115 e. The molecule has 0 N–H and O–H groups in total. The largest absolute Gasteiger partial charge is 0.325 e. The average molecular weight is 467 g/mol. The third-order valence-corrected chi connectivity index (χ3v) is 7.06.